The first-order valence-electron chi connectivity index (χ1n) is 8.71. The SMILES string of the molecule is OCC1CCN(Cc2cn(-c3ccccc3)nc2-c2ccncc2)C1. The van der Waals surface area contributed by atoms with Crippen LogP contribution in [-0.4, -0.2) is 44.5 Å². The summed E-state index contributed by atoms with van der Waals surface area (Å²) < 4.78 is 1.95. The van der Waals surface area contributed by atoms with Gasteiger partial charge in [-0.3, -0.25) is 9.88 Å². The predicted octanol–water partition coefficient (Wildman–Crippen LogP) is 2.75. The monoisotopic (exact) mass is 334 g/mol. The Balaban J connectivity index is 1.67. The molecule has 1 aromatic carbocycles. The first kappa shape index (κ1) is 16.0. The molecule has 1 N–H and O–H groups in total. The van der Waals surface area contributed by atoms with Gasteiger partial charge in [0, 0.05) is 49.4 Å². The van der Waals surface area contributed by atoms with E-state index in [4.69, 9.17) is 5.10 Å². The molecule has 3 aromatic rings. The van der Waals surface area contributed by atoms with Crippen LogP contribution >= 0.6 is 0 Å². The van der Waals surface area contributed by atoms with Gasteiger partial charge < -0.3 is 5.11 Å². The number of hydrogen-bond donors (Lipinski definition) is 1. The maximum absolute atomic E-state index is 9.39. The van der Waals surface area contributed by atoms with Crippen molar-refractivity contribution in [3.8, 4) is 16.9 Å². The molecule has 3 heterocycles. The smallest absolute Gasteiger partial charge is 0.0973 e. The van der Waals surface area contributed by atoms with Crippen LogP contribution in [0.5, 0.6) is 0 Å². The maximum atomic E-state index is 9.39. The first-order valence-corrected chi connectivity index (χ1v) is 8.71. The van der Waals surface area contributed by atoms with Crippen LogP contribution in [0, 0.1) is 5.92 Å². The lowest BCUT2D eigenvalue weighted by atomic mass is 10.1. The molecule has 25 heavy (non-hydrogen) atoms. The van der Waals surface area contributed by atoms with Crippen LogP contribution in [0.25, 0.3) is 16.9 Å². The van der Waals surface area contributed by atoms with E-state index in [0.29, 0.717) is 5.92 Å². The zero-order valence-corrected chi connectivity index (χ0v) is 14.1. The Labute approximate surface area is 147 Å². The lowest BCUT2D eigenvalue weighted by Crippen LogP contribution is -2.21. The number of para-hydroxylation sites is 1. The van der Waals surface area contributed by atoms with Crippen molar-refractivity contribution >= 4 is 0 Å². The van der Waals surface area contributed by atoms with E-state index in [-0.39, 0.29) is 6.61 Å². The highest BCUT2D eigenvalue weighted by atomic mass is 16.3. The second-order valence-corrected chi connectivity index (χ2v) is 6.59. The summed E-state index contributed by atoms with van der Waals surface area (Å²) in [5.41, 5.74) is 4.34. The van der Waals surface area contributed by atoms with Crippen LogP contribution in [0.4, 0.5) is 0 Å². The second kappa shape index (κ2) is 7.17. The first-order chi connectivity index (χ1) is 12.3. The van der Waals surface area contributed by atoms with Gasteiger partial charge in [-0.1, -0.05) is 18.2 Å². The molecule has 0 radical (unpaired) electrons. The molecule has 0 spiro atoms. The number of hydrogen-bond acceptors (Lipinski definition) is 4. The third-order valence-corrected chi connectivity index (χ3v) is 4.79. The van der Waals surface area contributed by atoms with Crippen LogP contribution in [0.2, 0.25) is 0 Å². The van der Waals surface area contributed by atoms with E-state index in [0.717, 1.165) is 43.0 Å². The number of aliphatic hydroxyl groups is 1. The molecule has 1 saturated heterocycles. The summed E-state index contributed by atoms with van der Waals surface area (Å²) in [5, 5.41) is 14.2. The lowest BCUT2D eigenvalue weighted by molar-refractivity contribution is 0.220. The summed E-state index contributed by atoms with van der Waals surface area (Å²) in [6.45, 7) is 3.10. The summed E-state index contributed by atoms with van der Waals surface area (Å²) in [7, 11) is 0. The molecule has 1 fully saturated rings. The Kier molecular flexibility index (Phi) is 4.59. The zero-order chi connectivity index (χ0) is 17.1. The van der Waals surface area contributed by atoms with Crippen molar-refractivity contribution in [2.75, 3.05) is 19.7 Å². The number of likely N-dealkylation sites (tertiary alicyclic amines) is 1. The van der Waals surface area contributed by atoms with E-state index < -0.39 is 0 Å². The van der Waals surface area contributed by atoms with Gasteiger partial charge in [0.2, 0.25) is 0 Å². The third-order valence-electron chi connectivity index (χ3n) is 4.79. The molecule has 128 valence electrons. The molecule has 5 heteroatoms. The molecule has 0 bridgehead atoms. The molecule has 5 nitrogen and oxygen atoms in total. The Morgan fingerprint density at radius 2 is 1.88 bits per heavy atom. The van der Waals surface area contributed by atoms with E-state index in [1.165, 1.54) is 5.56 Å². The van der Waals surface area contributed by atoms with Gasteiger partial charge in [0.25, 0.3) is 0 Å². The van der Waals surface area contributed by atoms with E-state index in [2.05, 4.69) is 28.2 Å². The molecule has 1 atom stereocenters. The van der Waals surface area contributed by atoms with Gasteiger partial charge in [-0.2, -0.15) is 5.10 Å². The highest BCUT2D eigenvalue weighted by Crippen LogP contribution is 2.26. The summed E-state index contributed by atoms with van der Waals surface area (Å²) in [4.78, 5) is 6.52. The minimum atomic E-state index is 0.275. The molecular weight excluding hydrogens is 312 g/mol. The van der Waals surface area contributed by atoms with Crippen molar-refractivity contribution in [1.29, 1.82) is 0 Å². The van der Waals surface area contributed by atoms with Crippen molar-refractivity contribution in [3.63, 3.8) is 0 Å². The molecule has 0 aliphatic carbocycles. The number of rotatable bonds is 5. The molecule has 1 aliphatic heterocycles. The van der Waals surface area contributed by atoms with Crippen molar-refractivity contribution in [1.82, 2.24) is 19.7 Å². The van der Waals surface area contributed by atoms with Crippen LogP contribution in [0.3, 0.4) is 0 Å². The number of benzene rings is 1. The highest BCUT2D eigenvalue weighted by Gasteiger charge is 2.23. The van der Waals surface area contributed by atoms with E-state index in [1.54, 1.807) is 12.4 Å². The molecule has 4 rings (SSSR count). The Bertz CT molecular complexity index is 816. The van der Waals surface area contributed by atoms with Gasteiger partial charge in [0.1, 0.15) is 0 Å². The van der Waals surface area contributed by atoms with Crippen molar-refractivity contribution in [3.05, 3.63) is 66.6 Å². The lowest BCUT2D eigenvalue weighted by Gasteiger charge is -2.15. The maximum Gasteiger partial charge on any atom is 0.0973 e. The number of nitrogens with zero attached hydrogens (tertiary/aromatic N) is 4. The average molecular weight is 334 g/mol. The zero-order valence-electron chi connectivity index (χ0n) is 14.1. The van der Waals surface area contributed by atoms with Crippen LogP contribution in [0.1, 0.15) is 12.0 Å². The van der Waals surface area contributed by atoms with Crippen LogP contribution < -0.4 is 0 Å². The Morgan fingerprint density at radius 1 is 1.08 bits per heavy atom. The topological polar surface area (TPSA) is 54.2 Å². The van der Waals surface area contributed by atoms with Gasteiger partial charge in [0.15, 0.2) is 0 Å². The minimum absolute atomic E-state index is 0.275. The predicted molar refractivity (Wildman–Crippen MR) is 97.3 cm³/mol. The third kappa shape index (κ3) is 3.48. The highest BCUT2D eigenvalue weighted by molar-refractivity contribution is 5.62. The van der Waals surface area contributed by atoms with E-state index in [9.17, 15) is 5.11 Å². The number of aliphatic hydroxyl groups excluding tert-OH is 1. The minimum Gasteiger partial charge on any atom is -0.396 e. The average Bonchev–Trinajstić information content (AvgIpc) is 3.30. The number of pyridine rings is 1. The quantitative estimate of drug-likeness (QED) is 0.779. The van der Waals surface area contributed by atoms with Gasteiger partial charge in [-0.15, -0.1) is 0 Å². The Hall–Kier alpha value is -2.50. The standard InChI is InChI=1S/C20H22N4O/c25-15-16-8-11-23(12-16)13-18-14-24(19-4-2-1-3-5-19)22-20(18)17-6-9-21-10-7-17/h1-7,9-10,14,16,25H,8,11-13,15H2. The van der Waals surface area contributed by atoms with Crippen molar-refractivity contribution in [2.45, 2.75) is 13.0 Å². The fraction of sp³-hybridized carbons (Fsp3) is 0.300. The normalized spacial score (nSPS) is 17.9. The molecule has 1 unspecified atom stereocenters. The van der Waals surface area contributed by atoms with Gasteiger partial charge in [-0.25, -0.2) is 4.68 Å². The fourth-order valence-electron chi connectivity index (χ4n) is 3.44. The van der Waals surface area contributed by atoms with Crippen LogP contribution in [-0.2, 0) is 6.54 Å². The summed E-state index contributed by atoms with van der Waals surface area (Å²) in [6, 6.07) is 14.2. The Morgan fingerprint density at radius 3 is 2.60 bits per heavy atom. The molecule has 1 aliphatic rings. The summed E-state index contributed by atoms with van der Waals surface area (Å²) >= 11 is 0. The van der Waals surface area contributed by atoms with Crippen molar-refractivity contribution in [2.24, 2.45) is 5.92 Å². The molecule has 2 aromatic heterocycles. The fourth-order valence-corrected chi connectivity index (χ4v) is 3.44. The van der Waals surface area contributed by atoms with Crippen LogP contribution in [0.15, 0.2) is 61.1 Å². The molecule has 0 amide bonds. The van der Waals surface area contributed by atoms with Gasteiger partial charge >= 0.3 is 0 Å². The largest absolute Gasteiger partial charge is 0.396 e. The molecule has 0 saturated carbocycles. The molecular formula is C20H22N4O. The van der Waals surface area contributed by atoms with E-state index >= 15 is 0 Å². The summed E-state index contributed by atoms with van der Waals surface area (Å²) in [6.07, 6.45) is 6.79. The van der Waals surface area contributed by atoms with Gasteiger partial charge in [0.05, 0.1) is 11.4 Å². The summed E-state index contributed by atoms with van der Waals surface area (Å²) in [5.74, 6) is 0.397. The van der Waals surface area contributed by atoms with Gasteiger partial charge in [-0.05, 0) is 43.1 Å². The second-order valence-electron chi connectivity index (χ2n) is 6.59. The van der Waals surface area contributed by atoms with Crippen molar-refractivity contribution < 1.29 is 5.11 Å². The number of aromatic nitrogens is 3. The van der Waals surface area contributed by atoms with E-state index in [1.807, 2.05) is 35.0 Å².